The van der Waals surface area contributed by atoms with E-state index in [1.807, 2.05) is 0 Å². The van der Waals surface area contributed by atoms with Gasteiger partial charge in [0, 0.05) is 18.1 Å². The van der Waals surface area contributed by atoms with E-state index in [0.29, 0.717) is 6.04 Å². The molecule has 0 saturated carbocycles. The highest BCUT2D eigenvalue weighted by molar-refractivity contribution is 4.93. The molecule has 2 N–H and O–H groups in total. The summed E-state index contributed by atoms with van der Waals surface area (Å²) in [6.07, 6.45) is 6.74. The molecule has 0 spiro atoms. The van der Waals surface area contributed by atoms with Gasteiger partial charge in [-0.25, -0.2) is 0 Å². The zero-order valence-electron chi connectivity index (χ0n) is 12.5. The maximum atomic E-state index is 6.27. The van der Waals surface area contributed by atoms with E-state index >= 15 is 0 Å². The quantitative estimate of drug-likeness (QED) is 0.816. The Balaban J connectivity index is 2.82. The van der Waals surface area contributed by atoms with Crippen molar-refractivity contribution in [2.24, 2.45) is 11.1 Å². The third-order valence-electron chi connectivity index (χ3n) is 4.04. The fraction of sp³-hybridized carbons (Fsp3) is 1.00. The average Bonchev–Trinajstić information content (AvgIpc) is 2.18. The van der Waals surface area contributed by atoms with E-state index in [9.17, 15) is 0 Å². The van der Waals surface area contributed by atoms with Crippen LogP contribution in [-0.2, 0) is 0 Å². The van der Waals surface area contributed by atoms with E-state index < -0.39 is 0 Å². The first-order chi connectivity index (χ1) is 7.88. The Morgan fingerprint density at radius 3 is 2.41 bits per heavy atom. The second-order valence-electron chi connectivity index (χ2n) is 6.85. The molecule has 0 radical (unpaired) electrons. The predicted octanol–water partition coefficient (Wildman–Crippen LogP) is 3.40. The second kappa shape index (κ2) is 6.19. The zero-order chi connectivity index (χ0) is 13.1. The summed E-state index contributed by atoms with van der Waals surface area (Å²) < 4.78 is 0. The van der Waals surface area contributed by atoms with Gasteiger partial charge < -0.3 is 5.73 Å². The lowest BCUT2D eigenvalue weighted by Gasteiger charge is -2.48. The van der Waals surface area contributed by atoms with Gasteiger partial charge in [-0.2, -0.15) is 0 Å². The monoisotopic (exact) mass is 240 g/mol. The Morgan fingerprint density at radius 2 is 1.94 bits per heavy atom. The van der Waals surface area contributed by atoms with Crippen LogP contribution >= 0.6 is 0 Å². The smallest absolute Gasteiger partial charge is 0.0295 e. The van der Waals surface area contributed by atoms with E-state index in [0.717, 1.165) is 6.04 Å². The maximum Gasteiger partial charge on any atom is 0.0295 e. The first-order valence-electron chi connectivity index (χ1n) is 7.39. The maximum absolute atomic E-state index is 6.27. The first kappa shape index (κ1) is 15.0. The van der Waals surface area contributed by atoms with Crippen LogP contribution in [0.5, 0.6) is 0 Å². The van der Waals surface area contributed by atoms with Crippen LogP contribution in [0.3, 0.4) is 0 Å². The van der Waals surface area contributed by atoms with Gasteiger partial charge in [-0.1, -0.05) is 40.5 Å². The van der Waals surface area contributed by atoms with Crippen molar-refractivity contribution in [1.29, 1.82) is 0 Å². The molecule has 3 atom stereocenters. The van der Waals surface area contributed by atoms with Crippen LogP contribution < -0.4 is 5.73 Å². The summed E-state index contributed by atoms with van der Waals surface area (Å²) in [5, 5.41) is 0. The molecule has 0 aromatic rings. The molecular formula is C15H32N2. The molecule has 17 heavy (non-hydrogen) atoms. The van der Waals surface area contributed by atoms with Crippen molar-refractivity contribution < 1.29 is 0 Å². The highest BCUT2D eigenvalue weighted by atomic mass is 15.2. The van der Waals surface area contributed by atoms with Crippen molar-refractivity contribution in [1.82, 2.24) is 4.90 Å². The number of hydrogen-bond donors (Lipinski definition) is 1. The Morgan fingerprint density at radius 1 is 1.29 bits per heavy atom. The van der Waals surface area contributed by atoms with E-state index in [1.54, 1.807) is 0 Å². The van der Waals surface area contributed by atoms with Gasteiger partial charge in [0.1, 0.15) is 0 Å². The fourth-order valence-electron chi connectivity index (χ4n) is 3.62. The molecule has 0 amide bonds. The van der Waals surface area contributed by atoms with E-state index in [2.05, 4.69) is 39.5 Å². The van der Waals surface area contributed by atoms with Crippen molar-refractivity contribution in [2.45, 2.75) is 84.8 Å². The van der Waals surface area contributed by atoms with Crippen LogP contribution in [-0.4, -0.2) is 29.6 Å². The molecule has 0 aromatic heterocycles. The largest absolute Gasteiger partial charge is 0.327 e. The summed E-state index contributed by atoms with van der Waals surface area (Å²) in [7, 11) is 0. The predicted molar refractivity (Wildman–Crippen MR) is 76.1 cm³/mol. The van der Waals surface area contributed by atoms with Gasteiger partial charge in [0.2, 0.25) is 0 Å². The number of hydrogen-bond acceptors (Lipinski definition) is 2. The van der Waals surface area contributed by atoms with Gasteiger partial charge >= 0.3 is 0 Å². The third kappa shape index (κ3) is 3.96. The van der Waals surface area contributed by atoms with Crippen LogP contribution in [0.1, 0.15) is 66.7 Å². The number of nitrogens with two attached hydrogens (primary N) is 1. The minimum atomic E-state index is 0.257. The van der Waals surface area contributed by atoms with E-state index in [4.69, 9.17) is 5.73 Å². The highest BCUT2D eigenvalue weighted by Gasteiger charge is 2.37. The van der Waals surface area contributed by atoms with Crippen molar-refractivity contribution in [3.8, 4) is 0 Å². The van der Waals surface area contributed by atoms with E-state index in [-0.39, 0.29) is 11.5 Å². The van der Waals surface area contributed by atoms with Gasteiger partial charge in [-0.05, 0) is 38.1 Å². The minimum Gasteiger partial charge on any atom is -0.327 e. The zero-order valence-corrected chi connectivity index (χ0v) is 12.5. The van der Waals surface area contributed by atoms with Crippen molar-refractivity contribution in [2.75, 3.05) is 6.54 Å². The van der Waals surface area contributed by atoms with Gasteiger partial charge in [-0.15, -0.1) is 0 Å². The van der Waals surface area contributed by atoms with Gasteiger partial charge in [-0.3, -0.25) is 4.90 Å². The lowest BCUT2D eigenvalue weighted by molar-refractivity contribution is 0.0184. The molecule has 1 fully saturated rings. The molecule has 0 aromatic carbocycles. The van der Waals surface area contributed by atoms with Crippen molar-refractivity contribution in [3.63, 3.8) is 0 Å². The second-order valence-corrected chi connectivity index (χ2v) is 6.85. The molecule has 1 aliphatic heterocycles. The van der Waals surface area contributed by atoms with Gasteiger partial charge in [0.25, 0.3) is 0 Å². The summed E-state index contributed by atoms with van der Waals surface area (Å²) in [6, 6.07) is 1.54. The molecule has 1 saturated heterocycles. The van der Waals surface area contributed by atoms with Crippen LogP contribution in [0.2, 0.25) is 0 Å². The number of nitrogens with zero attached hydrogens (tertiary/aromatic N) is 1. The van der Waals surface area contributed by atoms with E-state index in [1.165, 1.54) is 38.6 Å². The van der Waals surface area contributed by atoms with Crippen LogP contribution in [0, 0.1) is 5.41 Å². The number of rotatable bonds is 4. The fourth-order valence-corrected chi connectivity index (χ4v) is 3.62. The molecule has 2 heteroatoms. The van der Waals surface area contributed by atoms with Crippen molar-refractivity contribution in [3.05, 3.63) is 0 Å². The molecule has 0 aliphatic carbocycles. The minimum absolute atomic E-state index is 0.257. The normalized spacial score (nSPS) is 26.8. The summed E-state index contributed by atoms with van der Waals surface area (Å²) in [5.74, 6) is 0. The highest BCUT2D eigenvalue weighted by Crippen LogP contribution is 2.32. The SMILES string of the molecule is CCCC1CCCCN1C(C(C)N)C(C)(C)C. The molecular weight excluding hydrogens is 208 g/mol. The Hall–Kier alpha value is -0.0800. The van der Waals surface area contributed by atoms with Crippen molar-refractivity contribution >= 4 is 0 Å². The standard InChI is InChI=1S/C15H32N2/c1-6-9-13-10-7-8-11-17(13)14(12(2)16)15(3,4)5/h12-14H,6-11,16H2,1-5H3. The summed E-state index contributed by atoms with van der Waals surface area (Å²) in [5.41, 5.74) is 6.55. The Bertz CT molecular complexity index is 215. The topological polar surface area (TPSA) is 29.3 Å². The first-order valence-corrected chi connectivity index (χ1v) is 7.39. The number of likely N-dealkylation sites (tertiary alicyclic amines) is 1. The molecule has 1 heterocycles. The van der Waals surface area contributed by atoms with Crippen LogP contribution in [0.25, 0.3) is 0 Å². The summed E-state index contributed by atoms with van der Waals surface area (Å²) in [6.45, 7) is 12.7. The average molecular weight is 240 g/mol. The lowest BCUT2D eigenvalue weighted by Crippen LogP contribution is -2.58. The summed E-state index contributed by atoms with van der Waals surface area (Å²) in [4.78, 5) is 2.72. The summed E-state index contributed by atoms with van der Waals surface area (Å²) >= 11 is 0. The molecule has 102 valence electrons. The Kier molecular flexibility index (Phi) is 5.46. The van der Waals surface area contributed by atoms with Gasteiger partial charge in [0.15, 0.2) is 0 Å². The third-order valence-corrected chi connectivity index (χ3v) is 4.04. The molecule has 1 rings (SSSR count). The number of piperidine rings is 1. The lowest BCUT2D eigenvalue weighted by atomic mass is 9.79. The molecule has 0 bridgehead atoms. The van der Waals surface area contributed by atoms with Crippen LogP contribution in [0.15, 0.2) is 0 Å². The van der Waals surface area contributed by atoms with Crippen LogP contribution in [0.4, 0.5) is 0 Å². The molecule has 3 unspecified atom stereocenters. The molecule has 1 aliphatic rings. The Labute approximate surface area is 108 Å². The molecule has 2 nitrogen and oxygen atoms in total. The van der Waals surface area contributed by atoms with Gasteiger partial charge in [0.05, 0.1) is 0 Å².